The highest BCUT2D eigenvalue weighted by atomic mass is 16.7. The zero-order chi connectivity index (χ0) is 17.4. The van der Waals surface area contributed by atoms with E-state index in [1.54, 1.807) is 0 Å². The summed E-state index contributed by atoms with van der Waals surface area (Å²) in [6.45, 7) is 9.13. The zero-order valence-corrected chi connectivity index (χ0v) is 14.9. The average molecular weight is 331 g/mol. The van der Waals surface area contributed by atoms with Crippen LogP contribution in [0.5, 0.6) is 0 Å². The van der Waals surface area contributed by atoms with Crippen LogP contribution in [-0.4, -0.2) is 31.0 Å². The van der Waals surface area contributed by atoms with Gasteiger partial charge in [-0.15, -0.1) is 0 Å². The molecule has 24 heavy (non-hydrogen) atoms. The van der Waals surface area contributed by atoms with Crippen molar-refractivity contribution in [3.63, 3.8) is 0 Å². The minimum Gasteiger partial charge on any atom is -0.445 e. The second-order valence-corrected chi connectivity index (χ2v) is 7.73. The van der Waals surface area contributed by atoms with Gasteiger partial charge in [0.2, 0.25) is 0 Å². The Morgan fingerprint density at radius 1 is 1.21 bits per heavy atom. The van der Waals surface area contributed by atoms with Crippen LogP contribution in [0.3, 0.4) is 0 Å². The first-order chi connectivity index (χ1) is 11.3. The molecular weight excluding hydrogens is 305 g/mol. The second kappa shape index (κ2) is 6.41. The van der Waals surface area contributed by atoms with Gasteiger partial charge >= 0.3 is 13.2 Å². The van der Waals surface area contributed by atoms with Gasteiger partial charge in [-0.05, 0) is 51.4 Å². The highest BCUT2D eigenvalue weighted by Gasteiger charge is 2.59. The Morgan fingerprint density at radius 3 is 2.46 bits per heavy atom. The number of hydrogen-bond acceptors (Lipinski definition) is 4. The Labute approximate surface area is 144 Å². The molecule has 6 heteroatoms. The van der Waals surface area contributed by atoms with Crippen LogP contribution in [0.4, 0.5) is 4.79 Å². The number of carbonyl (C=O) groups excluding carboxylic acids is 1. The Morgan fingerprint density at radius 2 is 1.83 bits per heavy atom. The number of ether oxygens (including phenoxy) is 1. The molecule has 1 aromatic rings. The summed E-state index contributed by atoms with van der Waals surface area (Å²) >= 11 is 0. The summed E-state index contributed by atoms with van der Waals surface area (Å²) in [7, 11) is -0.179. The van der Waals surface area contributed by atoms with Crippen molar-refractivity contribution in [2.24, 2.45) is 5.92 Å². The number of carbonyl (C=O) groups is 1. The van der Waals surface area contributed by atoms with Gasteiger partial charge in [-0.1, -0.05) is 30.3 Å². The fourth-order valence-corrected chi connectivity index (χ4v) is 2.89. The molecule has 2 atom stereocenters. The van der Waals surface area contributed by atoms with Gasteiger partial charge in [0.1, 0.15) is 6.61 Å². The van der Waals surface area contributed by atoms with Crippen molar-refractivity contribution in [2.75, 3.05) is 6.54 Å². The van der Waals surface area contributed by atoms with Gasteiger partial charge in [0.05, 0.1) is 11.2 Å². The lowest BCUT2D eigenvalue weighted by Crippen LogP contribution is -2.41. The first kappa shape index (κ1) is 17.3. The summed E-state index contributed by atoms with van der Waals surface area (Å²) in [5, 5.41) is 2.84. The topological polar surface area (TPSA) is 56.8 Å². The Balaban J connectivity index is 1.38. The van der Waals surface area contributed by atoms with Crippen LogP contribution in [0, 0.1) is 5.92 Å². The van der Waals surface area contributed by atoms with Crippen LogP contribution in [-0.2, 0) is 20.7 Å². The minimum atomic E-state index is -0.376. The molecule has 0 radical (unpaired) electrons. The molecule has 0 spiro atoms. The van der Waals surface area contributed by atoms with Crippen molar-refractivity contribution < 1.29 is 18.8 Å². The van der Waals surface area contributed by atoms with Crippen LogP contribution in [0.25, 0.3) is 0 Å². The maximum atomic E-state index is 11.8. The van der Waals surface area contributed by atoms with Gasteiger partial charge in [-0.25, -0.2) is 4.79 Å². The van der Waals surface area contributed by atoms with E-state index >= 15 is 0 Å². The zero-order valence-electron chi connectivity index (χ0n) is 14.9. The maximum Gasteiger partial charge on any atom is 0.461 e. The molecule has 1 heterocycles. The molecule has 0 aromatic heterocycles. The third kappa shape index (κ3) is 3.76. The van der Waals surface area contributed by atoms with Crippen LogP contribution >= 0.6 is 0 Å². The standard InChI is InChI=1S/C18H26BNO4/c1-17(2)18(3,4)24-19(23-17)15-10-14(15)11-20-16(21)22-12-13-8-6-5-7-9-13/h5-9,14-15H,10-12H2,1-4H3,(H,20,21)/t14-,15+/m0/s1. The predicted octanol–water partition coefficient (Wildman–Crippen LogP) is 3.40. The van der Waals surface area contributed by atoms with Gasteiger partial charge in [0, 0.05) is 6.54 Å². The summed E-state index contributed by atoms with van der Waals surface area (Å²) in [6.07, 6.45) is 0.633. The van der Waals surface area contributed by atoms with Gasteiger partial charge in [0.15, 0.2) is 0 Å². The van der Waals surface area contributed by atoms with Gasteiger partial charge in [0.25, 0.3) is 0 Å². The Kier molecular flexibility index (Phi) is 4.62. The Hall–Kier alpha value is -1.53. The molecule has 0 unspecified atom stereocenters. The molecule has 130 valence electrons. The first-order valence-corrected chi connectivity index (χ1v) is 8.59. The number of rotatable bonds is 5. The number of amides is 1. The van der Waals surface area contributed by atoms with Crippen molar-refractivity contribution in [2.45, 2.75) is 57.7 Å². The lowest BCUT2D eigenvalue weighted by Gasteiger charge is -2.32. The van der Waals surface area contributed by atoms with E-state index in [0.717, 1.165) is 12.0 Å². The molecule has 1 aromatic carbocycles. The summed E-state index contributed by atoms with van der Waals surface area (Å²) < 4.78 is 17.3. The lowest BCUT2D eigenvalue weighted by molar-refractivity contribution is 0.00578. The number of benzene rings is 1. The molecule has 1 aliphatic heterocycles. The summed E-state index contributed by atoms with van der Waals surface area (Å²) in [4.78, 5) is 11.8. The van der Waals surface area contributed by atoms with Gasteiger partial charge in [-0.2, -0.15) is 0 Å². The molecule has 1 N–H and O–H groups in total. The molecule has 2 fully saturated rings. The normalized spacial score (nSPS) is 26.9. The van der Waals surface area contributed by atoms with E-state index in [4.69, 9.17) is 14.0 Å². The van der Waals surface area contributed by atoms with Crippen molar-refractivity contribution in [1.82, 2.24) is 5.32 Å². The number of nitrogens with one attached hydrogen (secondary N) is 1. The van der Waals surface area contributed by atoms with E-state index in [2.05, 4.69) is 33.0 Å². The van der Waals surface area contributed by atoms with E-state index in [9.17, 15) is 4.79 Å². The quantitative estimate of drug-likeness (QED) is 0.840. The minimum absolute atomic E-state index is 0.179. The molecule has 1 saturated carbocycles. The van der Waals surface area contributed by atoms with E-state index in [0.29, 0.717) is 18.3 Å². The fourth-order valence-electron chi connectivity index (χ4n) is 2.89. The maximum absolute atomic E-state index is 11.8. The fraction of sp³-hybridized carbons (Fsp3) is 0.611. The van der Waals surface area contributed by atoms with Crippen molar-refractivity contribution in [3.05, 3.63) is 35.9 Å². The monoisotopic (exact) mass is 331 g/mol. The summed E-state index contributed by atoms with van der Waals surface area (Å²) in [5.74, 6) is 0.740. The van der Waals surface area contributed by atoms with Crippen LogP contribution in [0.1, 0.15) is 39.7 Å². The summed E-state index contributed by atoms with van der Waals surface area (Å²) in [5.41, 5.74) is 0.383. The predicted molar refractivity (Wildman–Crippen MR) is 92.6 cm³/mol. The highest BCUT2D eigenvalue weighted by Crippen LogP contribution is 2.52. The van der Waals surface area contributed by atoms with Crippen molar-refractivity contribution >= 4 is 13.2 Å². The lowest BCUT2D eigenvalue weighted by atomic mass is 9.80. The Bertz CT molecular complexity index is 574. The van der Waals surface area contributed by atoms with E-state index in [-0.39, 0.29) is 31.0 Å². The van der Waals surface area contributed by atoms with Gasteiger partial charge in [-0.3, -0.25) is 0 Å². The largest absolute Gasteiger partial charge is 0.461 e. The first-order valence-electron chi connectivity index (χ1n) is 8.59. The molecule has 2 aliphatic rings. The molecule has 3 rings (SSSR count). The molecule has 0 bridgehead atoms. The van der Waals surface area contributed by atoms with E-state index < -0.39 is 0 Å². The van der Waals surface area contributed by atoms with Crippen LogP contribution in [0.2, 0.25) is 5.82 Å². The SMILES string of the molecule is CC1(C)OB([C@@H]2C[C@H]2CNC(=O)OCc2ccccc2)OC1(C)C. The average Bonchev–Trinajstić information content (AvgIpc) is 3.26. The molecule has 1 aliphatic carbocycles. The molecule has 1 amide bonds. The molecular formula is C18H26BNO4. The highest BCUT2D eigenvalue weighted by molar-refractivity contribution is 6.48. The smallest absolute Gasteiger partial charge is 0.445 e. The second-order valence-electron chi connectivity index (χ2n) is 7.73. The van der Waals surface area contributed by atoms with Crippen LogP contribution < -0.4 is 5.32 Å². The third-order valence-corrected chi connectivity index (χ3v) is 5.32. The van der Waals surface area contributed by atoms with E-state index in [1.165, 1.54) is 0 Å². The molecule has 5 nitrogen and oxygen atoms in total. The van der Waals surface area contributed by atoms with E-state index in [1.807, 2.05) is 30.3 Å². The number of alkyl carbamates (subject to hydrolysis) is 1. The number of hydrogen-bond donors (Lipinski definition) is 1. The molecule has 1 saturated heterocycles. The third-order valence-electron chi connectivity index (χ3n) is 5.32. The van der Waals surface area contributed by atoms with Crippen molar-refractivity contribution in [1.29, 1.82) is 0 Å². The van der Waals surface area contributed by atoms with Crippen LogP contribution in [0.15, 0.2) is 30.3 Å². The summed E-state index contributed by atoms with van der Waals surface area (Å²) in [6, 6.07) is 9.66. The van der Waals surface area contributed by atoms with Crippen molar-refractivity contribution in [3.8, 4) is 0 Å². The van der Waals surface area contributed by atoms with Gasteiger partial charge < -0.3 is 19.4 Å².